The Balaban J connectivity index is 1.65. The second kappa shape index (κ2) is 8.08. The first kappa shape index (κ1) is 17.4. The standard InChI is InChI=1S/C20H18FN5/c1-14-24-19(23-11-10-16-4-2-3-5-18(16)21)12-20(25-14)26-17-8-6-15(13-22)7-9-17/h2-9,12H,10-11H2,1H3,(H2,23,24,25,26). The van der Waals surface area contributed by atoms with Crippen LogP contribution in [0.15, 0.2) is 54.6 Å². The fraction of sp³-hybridized carbons (Fsp3) is 0.150. The number of nitrogens with one attached hydrogen (secondary N) is 2. The lowest BCUT2D eigenvalue weighted by Gasteiger charge is -2.10. The van der Waals surface area contributed by atoms with Gasteiger partial charge in [0, 0.05) is 18.3 Å². The Bertz CT molecular complexity index is 932. The molecule has 0 saturated heterocycles. The Kier molecular flexibility index (Phi) is 5.40. The summed E-state index contributed by atoms with van der Waals surface area (Å²) in [5.74, 6) is 1.74. The molecule has 0 fully saturated rings. The zero-order chi connectivity index (χ0) is 18.4. The van der Waals surface area contributed by atoms with Crippen molar-refractivity contribution in [3.05, 3.63) is 77.4 Å². The van der Waals surface area contributed by atoms with Crippen molar-refractivity contribution in [1.82, 2.24) is 9.97 Å². The van der Waals surface area contributed by atoms with E-state index in [0.717, 1.165) is 5.69 Å². The third-order valence-corrected chi connectivity index (χ3v) is 3.78. The smallest absolute Gasteiger partial charge is 0.136 e. The fourth-order valence-corrected chi connectivity index (χ4v) is 2.52. The Morgan fingerprint density at radius 1 is 1.04 bits per heavy atom. The van der Waals surface area contributed by atoms with E-state index in [4.69, 9.17) is 5.26 Å². The molecule has 3 rings (SSSR count). The van der Waals surface area contributed by atoms with E-state index < -0.39 is 0 Å². The molecule has 0 aliphatic rings. The number of aryl methyl sites for hydroxylation is 1. The first-order valence-corrected chi connectivity index (χ1v) is 8.24. The molecule has 0 aliphatic heterocycles. The van der Waals surface area contributed by atoms with Gasteiger partial charge in [0.05, 0.1) is 11.6 Å². The maximum Gasteiger partial charge on any atom is 0.136 e. The van der Waals surface area contributed by atoms with Crippen LogP contribution < -0.4 is 10.6 Å². The van der Waals surface area contributed by atoms with Crippen LogP contribution in [-0.2, 0) is 6.42 Å². The van der Waals surface area contributed by atoms with E-state index >= 15 is 0 Å². The summed E-state index contributed by atoms with van der Waals surface area (Å²) in [6.45, 7) is 2.37. The minimum absolute atomic E-state index is 0.198. The fourth-order valence-electron chi connectivity index (χ4n) is 2.52. The summed E-state index contributed by atoms with van der Waals surface area (Å²) in [7, 11) is 0. The predicted molar refractivity (Wildman–Crippen MR) is 99.8 cm³/mol. The minimum Gasteiger partial charge on any atom is -0.370 e. The van der Waals surface area contributed by atoms with Crippen molar-refractivity contribution in [3.63, 3.8) is 0 Å². The predicted octanol–water partition coefficient (Wildman–Crippen LogP) is 4.19. The van der Waals surface area contributed by atoms with Crippen molar-refractivity contribution in [1.29, 1.82) is 5.26 Å². The van der Waals surface area contributed by atoms with Gasteiger partial charge in [-0.05, 0) is 49.2 Å². The highest BCUT2D eigenvalue weighted by atomic mass is 19.1. The third kappa shape index (κ3) is 4.54. The quantitative estimate of drug-likeness (QED) is 0.699. The van der Waals surface area contributed by atoms with E-state index in [1.807, 2.05) is 25.1 Å². The van der Waals surface area contributed by atoms with Gasteiger partial charge >= 0.3 is 0 Å². The van der Waals surface area contributed by atoms with E-state index in [1.165, 1.54) is 6.07 Å². The summed E-state index contributed by atoms with van der Waals surface area (Å²) in [6.07, 6.45) is 0.564. The van der Waals surface area contributed by atoms with E-state index in [1.54, 1.807) is 30.3 Å². The van der Waals surface area contributed by atoms with Crippen molar-refractivity contribution < 1.29 is 4.39 Å². The normalized spacial score (nSPS) is 10.2. The summed E-state index contributed by atoms with van der Waals surface area (Å²) in [6, 6.07) is 17.8. The van der Waals surface area contributed by atoms with Crippen molar-refractivity contribution in [2.24, 2.45) is 0 Å². The van der Waals surface area contributed by atoms with Gasteiger partial charge in [-0.2, -0.15) is 5.26 Å². The third-order valence-electron chi connectivity index (χ3n) is 3.78. The molecule has 1 aromatic heterocycles. The highest BCUT2D eigenvalue weighted by Gasteiger charge is 2.04. The van der Waals surface area contributed by atoms with Gasteiger partial charge in [0.1, 0.15) is 23.3 Å². The molecule has 0 radical (unpaired) electrons. The maximum atomic E-state index is 13.7. The number of benzene rings is 2. The molecule has 0 saturated carbocycles. The molecule has 130 valence electrons. The van der Waals surface area contributed by atoms with E-state index in [9.17, 15) is 4.39 Å². The average Bonchev–Trinajstić information content (AvgIpc) is 2.63. The zero-order valence-corrected chi connectivity index (χ0v) is 14.3. The van der Waals surface area contributed by atoms with Gasteiger partial charge < -0.3 is 10.6 Å². The maximum absolute atomic E-state index is 13.7. The molecular weight excluding hydrogens is 329 g/mol. The van der Waals surface area contributed by atoms with Crippen LogP contribution in [-0.4, -0.2) is 16.5 Å². The number of hydrogen-bond donors (Lipinski definition) is 2. The minimum atomic E-state index is -0.198. The van der Waals surface area contributed by atoms with Crippen LogP contribution in [0.5, 0.6) is 0 Å². The lowest BCUT2D eigenvalue weighted by molar-refractivity contribution is 0.610. The number of halogens is 1. The van der Waals surface area contributed by atoms with E-state index in [0.29, 0.717) is 41.6 Å². The molecule has 6 heteroatoms. The lowest BCUT2D eigenvalue weighted by atomic mass is 10.1. The molecule has 0 spiro atoms. The highest BCUT2D eigenvalue weighted by molar-refractivity contribution is 5.60. The monoisotopic (exact) mass is 347 g/mol. The van der Waals surface area contributed by atoms with Crippen LogP contribution in [0.4, 0.5) is 21.7 Å². The molecule has 0 amide bonds. The number of nitrogens with zero attached hydrogens (tertiary/aromatic N) is 3. The molecule has 2 N–H and O–H groups in total. The summed E-state index contributed by atoms with van der Waals surface area (Å²) < 4.78 is 13.7. The van der Waals surface area contributed by atoms with Crippen LogP contribution in [0.3, 0.4) is 0 Å². The molecule has 5 nitrogen and oxygen atoms in total. The van der Waals surface area contributed by atoms with Gasteiger partial charge in [0.25, 0.3) is 0 Å². The number of rotatable bonds is 6. The first-order valence-electron chi connectivity index (χ1n) is 8.24. The van der Waals surface area contributed by atoms with Crippen LogP contribution >= 0.6 is 0 Å². The summed E-state index contributed by atoms with van der Waals surface area (Å²) in [5, 5.41) is 15.2. The Hall–Kier alpha value is -3.46. The summed E-state index contributed by atoms with van der Waals surface area (Å²) in [5.41, 5.74) is 2.10. The number of anilines is 3. The number of aromatic nitrogens is 2. The molecule has 3 aromatic rings. The lowest BCUT2D eigenvalue weighted by Crippen LogP contribution is -2.09. The average molecular weight is 347 g/mol. The molecule has 0 unspecified atom stereocenters. The van der Waals surface area contributed by atoms with Gasteiger partial charge in [0.2, 0.25) is 0 Å². The molecule has 0 atom stereocenters. The number of nitriles is 1. The van der Waals surface area contributed by atoms with Crippen molar-refractivity contribution in [2.75, 3.05) is 17.2 Å². The van der Waals surface area contributed by atoms with Crippen molar-refractivity contribution >= 4 is 17.3 Å². The Labute approximate surface area is 151 Å². The van der Waals surface area contributed by atoms with Crippen LogP contribution in [0.25, 0.3) is 0 Å². The molecule has 1 heterocycles. The highest BCUT2D eigenvalue weighted by Crippen LogP contribution is 2.18. The second-order valence-corrected chi connectivity index (χ2v) is 5.77. The van der Waals surface area contributed by atoms with Crippen LogP contribution in [0.1, 0.15) is 17.0 Å². The van der Waals surface area contributed by atoms with E-state index in [2.05, 4.69) is 26.7 Å². The first-order chi connectivity index (χ1) is 12.6. The summed E-state index contributed by atoms with van der Waals surface area (Å²) >= 11 is 0. The Morgan fingerprint density at radius 2 is 1.77 bits per heavy atom. The van der Waals surface area contributed by atoms with Crippen molar-refractivity contribution in [2.45, 2.75) is 13.3 Å². The number of hydrogen-bond acceptors (Lipinski definition) is 5. The second-order valence-electron chi connectivity index (χ2n) is 5.77. The molecule has 0 aliphatic carbocycles. The van der Waals surface area contributed by atoms with Crippen LogP contribution in [0.2, 0.25) is 0 Å². The zero-order valence-electron chi connectivity index (χ0n) is 14.3. The molecule has 26 heavy (non-hydrogen) atoms. The van der Waals surface area contributed by atoms with Gasteiger partial charge in [-0.1, -0.05) is 18.2 Å². The molecule has 0 bridgehead atoms. The van der Waals surface area contributed by atoms with Crippen molar-refractivity contribution in [3.8, 4) is 6.07 Å². The molecular formula is C20H18FN5. The van der Waals surface area contributed by atoms with Gasteiger partial charge in [-0.15, -0.1) is 0 Å². The topological polar surface area (TPSA) is 73.6 Å². The van der Waals surface area contributed by atoms with Gasteiger partial charge in [-0.25, -0.2) is 14.4 Å². The summed E-state index contributed by atoms with van der Waals surface area (Å²) in [4.78, 5) is 8.72. The van der Waals surface area contributed by atoms with Gasteiger partial charge in [0.15, 0.2) is 0 Å². The van der Waals surface area contributed by atoms with Crippen LogP contribution in [0, 0.1) is 24.1 Å². The van der Waals surface area contributed by atoms with E-state index in [-0.39, 0.29) is 5.82 Å². The molecule has 2 aromatic carbocycles. The SMILES string of the molecule is Cc1nc(NCCc2ccccc2F)cc(Nc2ccc(C#N)cc2)n1. The largest absolute Gasteiger partial charge is 0.370 e. The van der Waals surface area contributed by atoms with Gasteiger partial charge in [-0.3, -0.25) is 0 Å². The Morgan fingerprint density at radius 3 is 2.50 bits per heavy atom.